The highest BCUT2D eigenvalue weighted by molar-refractivity contribution is 5.79. The maximum absolute atomic E-state index is 11.9. The third-order valence-corrected chi connectivity index (χ3v) is 4.09. The van der Waals surface area contributed by atoms with Gasteiger partial charge in [0.2, 0.25) is 5.91 Å². The number of hydrogen-bond donors (Lipinski definition) is 1. The molecule has 1 aliphatic heterocycles. The molecule has 1 aliphatic carbocycles. The maximum atomic E-state index is 11.9. The fourth-order valence-electron chi connectivity index (χ4n) is 3.07. The van der Waals surface area contributed by atoms with Crippen molar-refractivity contribution in [3.05, 3.63) is 0 Å². The number of likely N-dealkylation sites (tertiary alicyclic amines) is 1. The molecule has 1 heterocycles. The van der Waals surface area contributed by atoms with Crippen LogP contribution >= 0.6 is 0 Å². The third kappa shape index (κ3) is 2.76. The van der Waals surface area contributed by atoms with E-state index in [0.717, 1.165) is 6.54 Å². The van der Waals surface area contributed by atoms with Crippen LogP contribution in [0, 0.1) is 5.92 Å². The predicted molar refractivity (Wildman–Crippen MR) is 65.0 cm³/mol. The topological polar surface area (TPSA) is 46.3 Å². The van der Waals surface area contributed by atoms with Crippen LogP contribution in [0.2, 0.25) is 0 Å². The van der Waals surface area contributed by atoms with Crippen molar-refractivity contribution < 1.29 is 4.79 Å². The Morgan fingerprint density at radius 1 is 1.12 bits per heavy atom. The Morgan fingerprint density at radius 2 is 1.75 bits per heavy atom. The van der Waals surface area contributed by atoms with Crippen molar-refractivity contribution in [3.8, 4) is 0 Å². The fourth-order valence-corrected chi connectivity index (χ4v) is 3.07. The van der Waals surface area contributed by atoms with Crippen LogP contribution in [0.3, 0.4) is 0 Å². The normalized spacial score (nSPS) is 29.2. The molecule has 3 nitrogen and oxygen atoms in total. The van der Waals surface area contributed by atoms with Gasteiger partial charge in [0.15, 0.2) is 0 Å². The van der Waals surface area contributed by atoms with Crippen LogP contribution in [0.15, 0.2) is 0 Å². The summed E-state index contributed by atoms with van der Waals surface area (Å²) in [5.41, 5.74) is 5.66. The predicted octanol–water partition coefficient (Wildman–Crippen LogP) is 1.91. The second kappa shape index (κ2) is 5.67. The van der Waals surface area contributed by atoms with Crippen molar-refractivity contribution >= 4 is 5.91 Å². The fraction of sp³-hybridized carbons (Fsp3) is 0.923. The van der Waals surface area contributed by atoms with Gasteiger partial charge in [-0.1, -0.05) is 32.1 Å². The lowest BCUT2D eigenvalue weighted by molar-refractivity contribution is -0.130. The zero-order valence-electron chi connectivity index (χ0n) is 10.2. The van der Waals surface area contributed by atoms with E-state index in [1.165, 1.54) is 44.9 Å². The standard InChI is InChI=1S/C13H24N2O/c14-9-11-8-13(16)15(10-11)12-6-4-2-1-3-5-7-12/h11-12H,1-10,14H2. The number of carbonyl (C=O) groups is 1. The smallest absolute Gasteiger partial charge is 0.223 e. The van der Waals surface area contributed by atoms with Gasteiger partial charge >= 0.3 is 0 Å². The van der Waals surface area contributed by atoms with Gasteiger partial charge in [0.25, 0.3) is 0 Å². The quantitative estimate of drug-likeness (QED) is 0.778. The Hall–Kier alpha value is -0.570. The van der Waals surface area contributed by atoms with Crippen LogP contribution in [-0.2, 0) is 4.79 Å². The largest absolute Gasteiger partial charge is 0.339 e. The summed E-state index contributed by atoms with van der Waals surface area (Å²) in [4.78, 5) is 14.0. The van der Waals surface area contributed by atoms with E-state index in [1.807, 2.05) is 0 Å². The van der Waals surface area contributed by atoms with E-state index in [4.69, 9.17) is 5.73 Å². The summed E-state index contributed by atoms with van der Waals surface area (Å²) in [6, 6.07) is 0.518. The lowest BCUT2D eigenvalue weighted by Crippen LogP contribution is -2.37. The average Bonchev–Trinajstić information content (AvgIpc) is 2.60. The van der Waals surface area contributed by atoms with Crippen LogP contribution in [-0.4, -0.2) is 29.9 Å². The van der Waals surface area contributed by atoms with E-state index in [2.05, 4.69) is 4.90 Å². The summed E-state index contributed by atoms with van der Waals surface area (Å²) in [6.07, 6.45) is 9.77. The van der Waals surface area contributed by atoms with Crippen LogP contribution in [0.5, 0.6) is 0 Å². The van der Waals surface area contributed by atoms with Gasteiger partial charge in [-0.25, -0.2) is 0 Å². The van der Waals surface area contributed by atoms with Crippen molar-refractivity contribution in [2.45, 2.75) is 57.4 Å². The Balaban J connectivity index is 1.91. The SMILES string of the molecule is NCC1CC(=O)N(C2CCCCCCC2)C1. The first-order valence-electron chi connectivity index (χ1n) is 6.81. The highest BCUT2D eigenvalue weighted by Gasteiger charge is 2.33. The molecule has 2 rings (SSSR count). The minimum Gasteiger partial charge on any atom is -0.339 e. The number of carbonyl (C=O) groups excluding carboxylic acids is 1. The first-order valence-corrected chi connectivity index (χ1v) is 6.81. The van der Waals surface area contributed by atoms with Crippen LogP contribution in [0.1, 0.15) is 51.4 Å². The second-order valence-corrected chi connectivity index (χ2v) is 5.35. The van der Waals surface area contributed by atoms with Gasteiger partial charge in [0, 0.05) is 19.0 Å². The van der Waals surface area contributed by atoms with E-state index in [-0.39, 0.29) is 0 Å². The molecule has 0 spiro atoms. The third-order valence-electron chi connectivity index (χ3n) is 4.09. The summed E-state index contributed by atoms with van der Waals surface area (Å²) in [5.74, 6) is 0.763. The zero-order valence-corrected chi connectivity index (χ0v) is 10.2. The zero-order chi connectivity index (χ0) is 11.4. The number of amides is 1. The lowest BCUT2D eigenvalue weighted by atomic mass is 9.96. The number of nitrogens with zero attached hydrogens (tertiary/aromatic N) is 1. The highest BCUT2D eigenvalue weighted by Crippen LogP contribution is 2.27. The molecule has 0 aromatic rings. The molecule has 1 saturated carbocycles. The van der Waals surface area contributed by atoms with Gasteiger partial charge in [-0.05, 0) is 25.3 Å². The summed E-state index contributed by atoms with van der Waals surface area (Å²) < 4.78 is 0. The number of hydrogen-bond acceptors (Lipinski definition) is 2. The Labute approximate surface area is 98.4 Å². The van der Waals surface area contributed by atoms with Gasteiger partial charge in [0.1, 0.15) is 0 Å². The monoisotopic (exact) mass is 224 g/mol. The van der Waals surface area contributed by atoms with Crippen molar-refractivity contribution in [2.24, 2.45) is 11.7 Å². The molecule has 2 fully saturated rings. The molecule has 1 amide bonds. The summed E-state index contributed by atoms with van der Waals surface area (Å²) in [7, 11) is 0. The molecular formula is C13H24N2O. The Morgan fingerprint density at radius 3 is 2.31 bits per heavy atom. The Kier molecular flexibility index (Phi) is 4.22. The molecule has 3 heteroatoms. The molecule has 2 aliphatic rings. The summed E-state index contributed by atoms with van der Waals surface area (Å²) in [6.45, 7) is 1.58. The van der Waals surface area contributed by atoms with Crippen molar-refractivity contribution in [1.82, 2.24) is 4.90 Å². The van der Waals surface area contributed by atoms with Gasteiger partial charge in [-0.2, -0.15) is 0 Å². The van der Waals surface area contributed by atoms with Crippen LogP contribution < -0.4 is 5.73 Å². The molecule has 92 valence electrons. The average molecular weight is 224 g/mol. The van der Waals surface area contributed by atoms with E-state index >= 15 is 0 Å². The van der Waals surface area contributed by atoms with E-state index in [9.17, 15) is 4.79 Å². The van der Waals surface area contributed by atoms with Crippen LogP contribution in [0.4, 0.5) is 0 Å². The molecule has 16 heavy (non-hydrogen) atoms. The van der Waals surface area contributed by atoms with Crippen molar-refractivity contribution in [1.29, 1.82) is 0 Å². The minimum atomic E-state index is 0.348. The van der Waals surface area contributed by atoms with Gasteiger partial charge < -0.3 is 10.6 Å². The number of rotatable bonds is 2. The number of nitrogens with two attached hydrogens (primary N) is 1. The first kappa shape index (κ1) is 11.9. The van der Waals surface area contributed by atoms with Gasteiger partial charge in [0.05, 0.1) is 0 Å². The van der Waals surface area contributed by atoms with E-state index < -0.39 is 0 Å². The molecule has 0 bridgehead atoms. The second-order valence-electron chi connectivity index (χ2n) is 5.35. The highest BCUT2D eigenvalue weighted by atomic mass is 16.2. The molecule has 0 radical (unpaired) electrons. The molecule has 2 N–H and O–H groups in total. The minimum absolute atomic E-state index is 0.348. The molecule has 0 aromatic carbocycles. The first-order chi connectivity index (χ1) is 7.81. The molecular weight excluding hydrogens is 200 g/mol. The van der Waals surface area contributed by atoms with Crippen molar-refractivity contribution in [3.63, 3.8) is 0 Å². The van der Waals surface area contributed by atoms with Crippen molar-refractivity contribution in [2.75, 3.05) is 13.1 Å². The molecule has 1 saturated heterocycles. The lowest BCUT2D eigenvalue weighted by Gasteiger charge is -2.29. The van der Waals surface area contributed by atoms with Crippen LogP contribution in [0.25, 0.3) is 0 Å². The molecule has 1 atom stereocenters. The molecule has 1 unspecified atom stereocenters. The Bertz CT molecular complexity index is 234. The molecule has 0 aromatic heterocycles. The van der Waals surface area contributed by atoms with Gasteiger partial charge in [-0.3, -0.25) is 4.79 Å². The van der Waals surface area contributed by atoms with E-state index in [1.54, 1.807) is 0 Å². The van der Waals surface area contributed by atoms with Gasteiger partial charge in [-0.15, -0.1) is 0 Å². The van der Waals surface area contributed by atoms with E-state index in [0.29, 0.717) is 30.8 Å². The maximum Gasteiger partial charge on any atom is 0.223 e. The summed E-state index contributed by atoms with van der Waals surface area (Å²) >= 11 is 0. The summed E-state index contributed by atoms with van der Waals surface area (Å²) in [5, 5.41) is 0.